The zero-order valence-electron chi connectivity index (χ0n) is 9.23. The molecular weight excluding hydrogens is 265 g/mol. The first-order valence-corrected chi connectivity index (χ1v) is 6.86. The van der Waals surface area contributed by atoms with Gasteiger partial charge in [0.05, 0.1) is 5.25 Å². The summed E-state index contributed by atoms with van der Waals surface area (Å²) in [5.74, 6) is -0.652. The highest BCUT2D eigenvalue weighted by Crippen LogP contribution is 2.24. The van der Waals surface area contributed by atoms with Gasteiger partial charge in [0.15, 0.2) is 9.84 Å². The maximum atomic E-state index is 13.4. The second-order valence-electron chi connectivity index (χ2n) is 3.92. The summed E-state index contributed by atoms with van der Waals surface area (Å²) in [5, 5.41) is 2.64. The molecule has 6 heteroatoms. The second-order valence-corrected chi connectivity index (χ2v) is 6.12. The zero-order chi connectivity index (χ0) is 11.6. The minimum absolute atomic E-state index is 0. The van der Waals surface area contributed by atoms with Gasteiger partial charge in [0, 0.05) is 0 Å². The Morgan fingerprint density at radius 2 is 1.76 bits per heavy atom. The van der Waals surface area contributed by atoms with Crippen LogP contribution in [0.3, 0.4) is 0 Å². The highest BCUT2D eigenvalue weighted by atomic mass is 35.5. The summed E-state index contributed by atoms with van der Waals surface area (Å²) in [6.45, 7) is 1.36. The quantitative estimate of drug-likeness (QED) is 0.898. The number of hydrogen-bond donors (Lipinski definition) is 1. The van der Waals surface area contributed by atoms with E-state index in [2.05, 4.69) is 5.32 Å². The van der Waals surface area contributed by atoms with Crippen LogP contribution in [0.2, 0.25) is 0 Å². The fourth-order valence-electron chi connectivity index (χ4n) is 1.96. The Kier molecular flexibility index (Phi) is 4.91. The number of sulfone groups is 1. The van der Waals surface area contributed by atoms with Crippen molar-refractivity contribution in [1.29, 1.82) is 0 Å². The molecule has 0 saturated carbocycles. The molecule has 0 radical (unpaired) electrons. The van der Waals surface area contributed by atoms with Gasteiger partial charge in [-0.3, -0.25) is 0 Å². The van der Waals surface area contributed by atoms with Crippen LogP contribution >= 0.6 is 12.4 Å². The van der Waals surface area contributed by atoms with Crippen LogP contribution in [0, 0.1) is 5.82 Å². The van der Waals surface area contributed by atoms with Gasteiger partial charge < -0.3 is 5.32 Å². The number of halogens is 2. The molecule has 1 aliphatic heterocycles. The molecule has 1 saturated heterocycles. The lowest BCUT2D eigenvalue weighted by molar-refractivity contribution is 0.491. The minimum atomic E-state index is -3.51. The minimum Gasteiger partial charge on any atom is -0.317 e. The second kappa shape index (κ2) is 5.80. The van der Waals surface area contributed by atoms with E-state index in [-0.39, 0.29) is 17.3 Å². The van der Waals surface area contributed by atoms with E-state index in [1.807, 2.05) is 0 Å². The lowest BCUT2D eigenvalue weighted by Gasteiger charge is -2.22. The van der Waals surface area contributed by atoms with E-state index in [4.69, 9.17) is 0 Å². The largest absolute Gasteiger partial charge is 0.317 e. The van der Waals surface area contributed by atoms with E-state index in [0.717, 1.165) is 0 Å². The lowest BCUT2D eigenvalue weighted by Crippen LogP contribution is -2.36. The lowest BCUT2D eigenvalue weighted by atomic mass is 10.2. The molecule has 0 unspecified atom stereocenters. The number of piperidine rings is 1. The van der Waals surface area contributed by atoms with Crippen LogP contribution in [0.4, 0.5) is 4.39 Å². The molecule has 96 valence electrons. The van der Waals surface area contributed by atoms with Crippen molar-refractivity contribution in [2.75, 3.05) is 13.1 Å². The van der Waals surface area contributed by atoms with Crippen molar-refractivity contribution in [3.05, 3.63) is 30.1 Å². The van der Waals surface area contributed by atoms with Crippen molar-refractivity contribution in [2.24, 2.45) is 0 Å². The van der Waals surface area contributed by atoms with Gasteiger partial charge >= 0.3 is 0 Å². The van der Waals surface area contributed by atoms with Gasteiger partial charge in [0.25, 0.3) is 0 Å². The van der Waals surface area contributed by atoms with Gasteiger partial charge in [-0.25, -0.2) is 12.8 Å². The van der Waals surface area contributed by atoms with Crippen LogP contribution in [-0.2, 0) is 9.84 Å². The molecule has 0 spiro atoms. The number of nitrogens with one attached hydrogen (secondary N) is 1. The van der Waals surface area contributed by atoms with E-state index in [9.17, 15) is 12.8 Å². The predicted molar refractivity (Wildman–Crippen MR) is 66.7 cm³/mol. The summed E-state index contributed by atoms with van der Waals surface area (Å²) in [4.78, 5) is -0.165. The topological polar surface area (TPSA) is 46.2 Å². The summed E-state index contributed by atoms with van der Waals surface area (Å²) in [5.41, 5.74) is 0. The molecule has 0 aliphatic carbocycles. The first-order valence-electron chi connectivity index (χ1n) is 5.31. The van der Waals surface area contributed by atoms with E-state index in [1.165, 1.54) is 18.2 Å². The first kappa shape index (κ1) is 14.4. The zero-order valence-corrected chi connectivity index (χ0v) is 10.9. The fraction of sp³-hybridized carbons (Fsp3) is 0.455. The molecular formula is C11H15ClFNO2S. The third-order valence-corrected chi connectivity index (χ3v) is 5.16. The first-order chi connectivity index (χ1) is 7.62. The van der Waals surface area contributed by atoms with Gasteiger partial charge in [0.2, 0.25) is 0 Å². The van der Waals surface area contributed by atoms with Crippen molar-refractivity contribution < 1.29 is 12.8 Å². The summed E-state index contributed by atoms with van der Waals surface area (Å²) >= 11 is 0. The van der Waals surface area contributed by atoms with Gasteiger partial charge in [0.1, 0.15) is 10.7 Å². The van der Waals surface area contributed by atoms with Gasteiger partial charge in [-0.1, -0.05) is 12.1 Å². The molecule has 3 nitrogen and oxygen atoms in total. The molecule has 1 aliphatic rings. The molecule has 0 aromatic heterocycles. The standard InChI is InChI=1S/C11H14FNO2S.ClH/c12-10-3-1-2-4-11(10)16(14,15)9-5-7-13-8-6-9;/h1-4,9,13H,5-8H2;1H. The van der Waals surface area contributed by atoms with E-state index in [1.54, 1.807) is 6.07 Å². The van der Waals surface area contributed by atoms with Crippen LogP contribution in [0.15, 0.2) is 29.2 Å². The van der Waals surface area contributed by atoms with E-state index < -0.39 is 20.9 Å². The van der Waals surface area contributed by atoms with Crippen LogP contribution in [-0.4, -0.2) is 26.8 Å². The van der Waals surface area contributed by atoms with Crippen molar-refractivity contribution in [2.45, 2.75) is 23.0 Å². The Labute approximate surface area is 107 Å². The highest BCUT2D eigenvalue weighted by Gasteiger charge is 2.30. The average Bonchev–Trinajstić information content (AvgIpc) is 2.30. The Morgan fingerprint density at radius 1 is 1.18 bits per heavy atom. The Balaban J connectivity index is 0.00000144. The molecule has 0 amide bonds. The predicted octanol–water partition coefficient (Wildman–Crippen LogP) is 1.77. The molecule has 2 rings (SSSR count). The van der Waals surface area contributed by atoms with E-state index in [0.29, 0.717) is 25.9 Å². The normalized spacial score (nSPS) is 17.5. The summed E-state index contributed by atoms with van der Waals surface area (Å²) < 4.78 is 37.7. The molecule has 17 heavy (non-hydrogen) atoms. The van der Waals surface area contributed by atoms with Gasteiger partial charge in [-0.15, -0.1) is 12.4 Å². The van der Waals surface area contributed by atoms with Crippen molar-refractivity contribution in [1.82, 2.24) is 5.32 Å². The maximum Gasteiger partial charge on any atom is 0.184 e. The van der Waals surface area contributed by atoms with Crippen molar-refractivity contribution in [3.63, 3.8) is 0 Å². The Bertz CT molecular complexity index is 472. The van der Waals surface area contributed by atoms with Crippen LogP contribution in [0.25, 0.3) is 0 Å². The molecule has 1 N–H and O–H groups in total. The number of benzene rings is 1. The van der Waals surface area contributed by atoms with Crippen LogP contribution in [0.5, 0.6) is 0 Å². The van der Waals surface area contributed by atoms with E-state index >= 15 is 0 Å². The average molecular weight is 280 g/mol. The SMILES string of the molecule is Cl.O=S(=O)(c1ccccc1F)C1CCNCC1. The van der Waals surface area contributed by atoms with Crippen LogP contribution in [0.1, 0.15) is 12.8 Å². The molecule has 1 aromatic carbocycles. The maximum absolute atomic E-state index is 13.4. The van der Waals surface area contributed by atoms with Crippen LogP contribution < -0.4 is 5.32 Å². The van der Waals surface area contributed by atoms with Crippen molar-refractivity contribution in [3.8, 4) is 0 Å². The molecule has 1 fully saturated rings. The van der Waals surface area contributed by atoms with Gasteiger partial charge in [-0.05, 0) is 38.1 Å². The molecule has 0 atom stereocenters. The third kappa shape index (κ3) is 2.97. The number of rotatable bonds is 2. The molecule has 1 heterocycles. The summed E-state index contributed by atoms with van der Waals surface area (Å²) in [7, 11) is -3.51. The molecule has 0 bridgehead atoms. The van der Waals surface area contributed by atoms with Gasteiger partial charge in [-0.2, -0.15) is 0 Å². The number of hydrogen-bond acceptors (Lipinski definition) is 3. The summed E-state index contributed by atoms with van der Waals surface area (Å²) in [6, 6.07) is 5.58. The monoisotopic (exact) mass is 279 g/mol. The summed E-state index contributed by atoms with van der Waals surface area (Å²) in [6.07, 6.45) is 1.10. The Hall–Kier alpha value is -0.650. The van der Waals surface area contributed by atoms with Crippen molar-refractivity contribution >= 4 is 22.2 Å². The third-order valence-electron chi connectivity index (χ3n) is 2.87. The fourth-order valence-corrected chi connectivity index (χ4v) is 3.78. The highest BCUT2D eigenvalue weighted by molar-refractivity contribution is 7.92. The molecule has 1 aromatic rings. The Morgan fingerprint density at radius 3 is 2.35 bits per heavy atom. The smallest absolute Gasteiger partial charge is 0.184 e.